The number of nitrogens with one attached hydrogen (secondary N) is 3. The van der Waals surface area contributed by atoms with E-state index in [9.17, 15) is 9.59 Å². The van der Waals surface area contributed by atoms with Gasteiger partial charge in [0.2, 0.25) is 5.91 Å². The van der Waals surface area contributed by atoms with Crippen LogP contribution in [0, 0.1) is 12.3 Å². The van der Waals surface area contributed by atoms with Crippen molar-refractivity contribution >= 4 is 17.6 Å². The molecule has 0 aromatic heterocycles. The van der Waals surface area contributed by atoms with Gasteiger partial charge in [-0.2, -0.15) is 0 Å². The van der Waals surface area contributed by atoms with Crippen LogP contribution in [0.5, 0.6) is 0 Å². The van der Waals surface area contributed by atoms with E-state index in [-0.39, 0.29) is 11.9 Å². The summed E-state index contributed by atoms with van der Waals surface area (Å²) in [4.78, 5) is 24.9. The molecule has 26 heavy (non-hydrogen) atoms. The molecule has 2 aromatic carbocycles. The lowest BCUT2D eigenvalue weighted by Gasteiger charge is -2.19. The van der Waals surface area contributed by atoms with Crippen LogP contribution in [0.3, 0.4) is 0 Å². The highest BCUT2D eigenvalue weighted by Gasteiger charge is 2.28. The molecule has 3 N–H and O–H groups in total. The highest BCUT2D eigenvalue weighted by Crippen LogP contribution is 2.19. The molecule has 1 aliphatic carbocycles. The Labute approximate surface area is 153 Å². The summed E-state index contributed by atoms with van der Waals surface area (Å²) < 4.78 is 0. The first-order valence-corrected chi connectivity index (χ1v) is 8.62. The summed E-state index contributed by atoms with van der Waals surface area (Å²) in [7, 11) is 0. The second-order valence-corrected chi connectivity index (χ2v) is 6.35. The fourth-order valence-corrected chi connectivity index (χ4v) is 2.60. The number of anilines is 1. The topological polar surface area (TPSA) is 70.2 Å². The molecule has 3 amide bonds. The minimum absolute atomic E-state index is 0.163. The number of terminal acetylenes is 1. The molecule has 3 rings (SSSR count). The summed E-state index contributed by atoms with van der Waals surface area (Å²) in [5.41, 5.74) is 2.24. The lowest BCUT2D eigenvalue weighted by atomic mass is 10.1. The third-order valence-corrected chi connectivity index (χ3v) is 4.12. The van der Waals surface area contributed by atoms with Gasteiger partial charge in [-0.15, -0.1) is 6.42 Å². The highest BCUT2D eigenvalue weighted by atomic mass is 16.2. The molecule has 132 valence electrons. The smallest absolute Gasteiger partial charge is 0.319 e. The zero-order valence-electron chi connectivity index (χ0n) is 14.4. The summed E-state index contributed by atoms with van der Waals surface area (Å²) in [6.07, 6.45) is 7.79. The van der Waals surface area contributed by atoms with Crippen molar-refractivity contribution in [1.29, 1.82) is 0 Å². The Bertz CT molecular complexity index is 823. The summed E-state index contributed by atoms with van der Waals surface area (Å²) in [6.45, 7) is 0. The van der Waals surface area contributed by atoms with Crippen LogP contribution in [0.15, 0.2) is 54.6 Å². The predicted octanol–water partition coefficient (Wildman–Crippen LogP) is 2.68. The Kier molecular flexibility index (Phi) is 5.55. The van der Waals surface area contributed by atoms with Crippen LogP contribution in [-0.2, 0) is 11.2 Å². The molecule has 1 saturated carbocycles. The van der Waals surface area contributed by atoms with Crippen molar-refractivity contribution in [1.82, 2.24) is 10.6 Å². The minimum atomic E-state index is -0.645. The quantitative estimate of drug-likeness (QED) is 0.703. The number of urea groups is 1. The van der Waals surface area contributed by atoms with E-state index in [1.54, 1.807) is 24.3 Å². The van der Waals surface area contributed by atoms with E-state index in [0.29, 0.717) is 17.7 Å². The second kappa shape index (κ2) is 8.21. The first-order valence-electron chi connectivity index (χ1n) is 8.62. The maximum atomic E-state index is 12.5. The molecule has 0 aliphatic heterocycles. The number of carbonyl (C=O) groups is 2. The van der Waals surface area contributed by atoms with Crippen molar-refractivity contribution in [2.24, 2.45) is 0 Å². The van der Waals surface area contributed by atoms with Gasteiger partial charge in [0.15, 0.2) is 0 Å². The number of hydrogen-bond donors (Lipinski definition) is 3. The van der Waals surface area contributed by atoms with Gasteiger partial charge in [-0.1, -0.05) is 42.3 Å². The maximum absolute atomic E-state index is 12.5. The van der Waals surface area contributed by atoms with Crippen molar-refractivity contribution < 1.29 is 9.59 Å². The van der Waals surface area contributed by atoms with Gasteiger partial charge in [0, 0.05) is 23.7 Å². The number of benzene rings is 2. The SMILES string of the molecule is C#Cc1cccc(NC(=O)N[C@H](Cc2ccccc2)C(=O)NC2CC2)c1. The van der Waals surface area contributed by atoms with Crippen LogP contribution in [0.2, 0.25) is 0 Å². The van der Waals surface area contributed by atoms with Crippen molar-refractivity contribution in [3.05, 3.63) is 65.7 Å². The van der Waals surface area contributed by atoms with Crippen LogP contribution in [0.4, 0.5) is 10.5 Å². The number of carbonyl (C=O) groups excluding carboxylic acids is 2. The standard InChI is InChI=1S/C21H21N3O2/c1-2-15-9-6-10-18(13-15)23-21(26)24-19(20(25)22-17-11-12-17)14-16-7-4-3-5-8-16/h1,3-10,13,17,19H,11-12,14H2,(H,22,25)(H2,23,24,26)/t19-/m1/s1. The Morgan fingerprint density at radius 2 is 1.88 bits per heavy atom. The van der Waals surface area contributed by atoms with E-state index in [4.69, 9.17) is 6.42 Å². The van der Waals surface area contributed by atoms with Gasteiger partial charge < -0.3 is 16.0 Å². The number of amides is 3. The third kappa shape index (κ3) is 5.12. The molecule has 5 nitrogen and oxygen atoms in total. The molecule has 0 saturated heterocycles. The number of rotatable bonds is 6. The molecular weight excluding hydrogens is 326 g/mol. The van der Waals surface area contributed by atoms with Crippen molar-refractivity contribution in [3.63, 3.8) is 0 Å². The first-order chi connectivity index (χ1) is 12.6. The minimum Gasteiger partial charge on any atom is -0.352 e. The summed E-state index contributed by atoms with van der Waals surface area (Å²) in [5, 5.41) is 8.46. The average molecular weight is 347 g/mol. The van der Waals surface area contributed by atoms with Gasteiger partial charge in [0.1, 0.15) is 6.04 Å². The molecule has 0 unspecified atom stereocenters. The van der Waals surface area contributed by atoms with Crippen molar-refractivity contribution in [2.75, 3.05) is 5.32 Å². The number of hydrogen-bond acceptors (Lipinski definition) is 2. The molecule has 0 radical (unpaired) electrons. The lowest BCUT2D eigenvalue weighted by molar-refractivity contribution is -0.123. The highest BCUT2D eigenvalue weighted by molar-refractivity contribution is 5.94. The Morgan fingerprint density at radius 3 is 2.58 bits per heavy atom. The van der Waals surface area contributed by atoms with E-state index < -0.39 is 12.1 Å². The van der Waals surface area contributed by atoms with E-state index in [0.717, 1.165) is 18.4 Å². The second-order valence-electron chi connectivity index (χ2n) is 6.35. The predicted molar refractivity (Wildman–Crippen MR) is 102 cm³/mol. The zero-order chi connectivity index (χ0) is 18.4. The van der Waals surface area contributed by atoms with E-state index >= 15 is 0 Å². The van der Waals surface area contributed by atoms with Gasteiger partial charge in [-0.3, -0.25) is 4.79 Å². The van der Waals surface area contributed by atoms with Gasteiger partial charge in [-0.05, 0) is 36.6 Å². The Hall–Kier alpha value is -3.26. The summed E-state index contributed by atoms with van der Waals surface area (Å²) in [6, 6.07) is 15.8. The molecule has 5 heteroatoms. The van der Waals surface area contributed by atoms with Crippen LogP contribution in [0.1, 0.15) is 24.0 Å². The fraction of sp³-hybridized carbons (Fsp3) is 0.238. The van der Waals surface area contributed by atoms with Crippen LogP contribution in [-0.4, -0.2) is 24.0 Å². The van der Waals surface area contributed by atoms with Gasteiger partial charge in [0.05, 0.1) is 0 Å². The van der Waals surface area contributed by atoms with Gasteiger partial charge in [-0.25, -0.2) is 4.79 Å². The maximum Gasteiger partial charge on any atom is 0.319 e. The van der Waals surface area contributed by atoms with Crippen LogP contribution in [0.25, 0.3) is 0 Å². The van der Waals surface area contributed by atoms with E-state index in [2.05, 4.69) is 21.9 Å². The molecule has 1 atom stereocenters. The molecule has 0 spiro atoms. The van der Waals surface area contributed by atoms with E-state index in [1.165, 1.54) is 0 Å². The largest absolute Gasteiger partial charge is 0.352 e. The van der Waals surface area contributed by atoms with Crippen LogP contribution >= 0.6 is 0 Å². The van der Waals surface area contributed by atoms with Crippen LogP contribution < -0.4 is 16.0 Å². The van der Waals surface area contributed by atoms with Gasteiger partial charge >= 0.3 is 6.03 Å². The molecule has 1 fully saturated rings. The molecule has 0 heterocycles. The van der Waals surface area contributed by atoms with Crippen molar-refractivity contribution in [3.8, 4) is 12.3 Å². The summed E-state index contributed by atoms with van der Waals surface area (Å²) >= 11 is 0. The summed E-state index contributed by atoms with van der Waals surface area (Å²) in [5.74, 6) is 2.36. The van der Waals surface area contributed by atoms with Gasteiger partial charge in [0.25, 0.3) is 0 Å². The first kappa shape index (κ1) is 17.6. The third-order valence-electron chi connectivity index (χ3n) is 4.12. The Morgan fingerprint density at radius 1 is 1.12 bits per heavy atom. The average Bonchev–Trinajstić information content (AvgIpc) is 3.46. The molecule has 2 aromatic rings. The molecular formula is C21H21N3O2. The van der Waals surface area contributed by atoms with Crippen molar-refractivity contribution in [2.45, 2.75) is 31.3 Å². The monoisotopic (exact) mass is 347 g/mol. The Balaban J connectivity index is 1.66. The normalized spacial score (nSPS) is 14.0. The van der Waals surface area contributed by atoms with E-state index in [1.807, 2.05) is 30.3 Å². The molecule has 0 bridgehead atoms. The molecule has 1 aliphatic rings. The lowest BCUT2D eigenvalue weighted by Crippen LogP contribution is -2.49. The zero-order valence-corrected chi connectivity index (χ0v) is 14.4. The fourth-order valence-electron chi connectivity index (χ4n) is 2.60.